The van der Waals surface area contributed by atoms with Gasteiger partial charge in [-0.05, 0) is 26.7 Å². The average molecular weight is 278 g/mol. The first-order valence-corrected chi connectivity index (χ1v) is 6.94. The zero-order valence-corrected chi connectivity index (χ0v) is 11.7. The van der Waals surface area contributed by atoms with Gasteiger partial charge in [0.1, 0.15) is 12.1 Å². The highest BCUT2D eigenvalue weighted by Crippen LogP contribution is 2.38. The van der Waals surface area contributed by atoms with E-state index in [2.05, 4.69) is 0 Å². The second-order valence-electron chi connectivity index (χ2n) is 5.43. The fourth-order valence-corrected chi connectivity index (χ4v) is 2.97. The normalized spacial score (nSPS) is 28.6. The van der Waals surface area contributed by atoms with Gasteiger partial charge in [0, 0.05) is 0 Å². The number of nitrogens with zero attached hydrogens (tertiary/aromatic N) is 2. The van der Waals surface area contributed by atoms with Gasteiger partial charge in [-0.15, -0.1) is 0 Å². The minimum Gasteiger partial charge on any atom is -0.446 e. The number of hydrogen-bond donors (Lipinski definition) is 0. The van der Waals surface area contributed by atoms with Crippen LogP contribution >= 0.6 is 0 Å². The summed E-state index contributed by atoms with van der Waals surface area (Å²) in [6, 6.07) is 0.821. The van der Waals surface area contributed by atoms with Crippen molar-refractivity contribution in [1.82, 2.24) is 4.90 Å². The molecule has 1 aliphatic carbocycles. The topological polar surface area (TPSA) is 87.5 Å². The molecule has 1 heterocycles. The zero-order valence-electron chi connectivity index (χ0n) is 11.7. The molecule has 0 aromatic rings. The van der Waals surface area contributed by atoms with Crippen LogP contribution in [-0.2, 0) is 19.1 Å². The molecule has 2 amide bonds. The molecule has 4 atom stereocenters. The summed E-state index contributed by atoms with van der Waals surface area (Å²) in [5.41, 5.74) is 0. The molecular formula is C14H18N2O4. The Balaban J connectivity index is 2.12. The maximum Gasteiger partial charge on any atom is 0.330 e. The lowest BCUT2D eigenvalue weighted by Crippen LogP contribution is -2.45. The van der Waals surface area contributed by atoms with Crippen LogP contribution in [0.5, 0.6) is 0 Å². The number of rotatable bonds is 3. The third kappa shape index (κ3) is 2.40. The Morgan fingerprint density at radius 3 is 2.20 bits per heavy atom. The molecule has 0 radical (unpaired) electrons. The smallest absolute Gasteiger partial charge is 0.330 e. The summed E-state index contributed by atoms with van der Waals surface area (Å²) in [5.74, 6) is -1.80. The van der Waals surface area contributed by atoms with E-state index in [9.17, 15) is 14.4 Å². The largest absolute Gasteiger partial charge is 0.446 e. The van der Waals surface area contributed by atoms with E-state index in [1.54, 1.807) is 6.07 Å². The van der Waals surface area contributed by atoms with Gasteiger partial charge < -0.3 is 4.74 Å². The van der Waals surface area contributed by atoms with Crippen molar-refractivity contribution in [2.75, 3.05) is 0 Å². The van der Waals surface area contributed by atoms with Gasteiger partial charge in [-0.3, -0.25) is 14.5 Å². The molecule has 2 rings (SSSR count). The summed E-state index contributed by atoms with van der Waals surface area (Å²) in [7, 11) is 0. The second-order valence-corrected chi connectivity index (χ2v) is 5.43. The van der Waals surface area contributed by atoms with Crippen molar-refractivity contribution >= 4 is 17.8 Å². The molecule has 1 aliphatic heterocycles. The molecule has 2 aliphatic rings. The van der Waals surface area contributed by atoms with Crippen LogP contribution in [0.1, 0.15) is 39.5 Å². The molecule has 0 N–H and O–H groups in total. The molecule has 1 saturated carbocycles. The predicted octanol–water partition coefficient (Wildman–Crippen LogP) is 1.01. The lowest BCUT2D eigenvalue weighted by Gasteiger charge is -2.22. The van der Waals surface area contributed by atoms with Crippen LogP contribution in [0, 0.1) is 23.2 Å². The maximum absolute atomic E-state index is 12.3. The predicted molar refractivity (Wildman–Crippen MR) is 67.9 cm³/mol. The van der Waals surface area contributed by atoms with Gasteiger partial charge in [0.05, 0.1) is 11.8 Å². The Morgan fingerprint density at radius 2 is 1.75 bits per heavy atom. The molecule has 20 heavy (non-hydrogen) atoms. The van der Waals surface area contributed by atoms with Crippen molar-refractivity contribution in [3.8, 4) is 6.07 Å². The van der Waals surface area contributed by atoms with Gasteiger partial charge >= 0.3 is 5.97 Å². The summed E-state index contributed by atoms with van der Waals surface area (Å²) >= 11 is 0. The summed E-state index contributed by atoms with van der Waals surface area (Å²) in [6.45, 7) is 2.91. The molecular weight excluding hydrogens is 260 g/mol. The van der Waals surface area contributed by atoms with E-state index in [-0.39, 0.29) is 23.7 Å². The van der Waals surface area contributed by atoms with Crippen LogP contribution in [0.25, 0.3) is 0 Å². The molecule has 2 fully saturated rings. The fraction of sp³-hybridized carbons (Fsp3) is 0.714. The molecule has 108 valence electrons. The van der Waals surface area contributed by atoms with Crippen molar-refractivity contribution in [3.05, 3.63) is 0 Å². The SMILES string of the molecule is C[C@H](C#N)OC(=O)[C@H](C)N1C(=O)[C@H]2CCCC[C@H]2C1=O. The summed E-state index contributed by atoms with van der Waals surface area (Å²) in [5, 5.41) is 8.63. The second kappa shape index (κ2) is 5.61. The highest BCUT2D eigenvalue weighted by atomic mass is 16.5. The lowest BCUT2D eigenvalue weighted by atomic mass is 9.81. The summed E-state index contributed by atoms with van der Waals surface area (Å²) in [6.07, 6.45) is 2.42. The molecule has 0 bridgehead atoms. The van der Waals surface area contributed by atoms with Crippen molar-refractivity contribution in [1.29, 1.82) is 5.26 Å². The van der Waals surface area contributed by atoms with Crippen LogP contribution in [0.15, 0.2) is 0 Å². The van der Waals surface area contributed by atoms with E-state index in [0.29, 0.717) is 12.8 Å². The number of hydrogen-bond acceptors (Lipinski definition) is 5. The highest BCUT2D eigenvalue weighted by molar-refractivity contribution is 6.07. The van der Waals surface area contributed by atoms with Crippen molar-refractivity contribution in [2.24, 2.45) is 11.8 Å². The zero-order chi connectivity index (χ0) is 14.9. The lowest BCUT2D eigenvalue weighted by molar-refractivity contribution is -0.159. The van der Waals surface area contributed by atoms with Crippen molar-refractivity contribution in [2.45, 2.75) is 51.7 Å². The van der Waals surface area contributed by atoms with Crippen molar-refractivity contribution < 1.29 is 19.1 Å². The minimum absolute atomic E-state index is 0.270. The van der Waals surface area contributed by atoms with Gasteiger partial charge in [0.2, 0.25) is 11.8 Å². The Labute approximate surface area is 117 Å². The molecule has 0 unspecified atom stereocenters. The van der Waals surface area contributed by atoms with Gasteiger partial charge in [-0.1, -0.05) is 12.8 Å². The number of carbonyl (C=O) groups is 3. The van der Waals surface area contributed by atoms with E-state index in [4.69, 9.17) is 10.00 Å². The summed E-state index contributed by atoms with van der Waals surface area (Å²) in [4.78, 5) is 37.5. The van der Waals surface area contributed by atoms with Gasteiger partial charge in [-0.2, -0.15) is 5.26 Å². The standard InChI is InChI=1S/C14H18N2O4/c1-8(7-15)20-14(19)9(2)16-12(17)10-5-3-4-6-11(10)13(16)18/h8-11H,3-6H2,1-2H3/t8-,9+,10-,11+/m1/s1. The van der Waals surface area contributed by atoms with E-state index >= 15 is 0 Å². The number of esters is 1. The first-order chi connectivity index (χ1) is 9.47. The van der Waals surface area contributed by atoms with Gasteiger partial charge in [0.15, 0.2) is 6.10 Å². The number of amides is 2. The average Bonchev–Trinajstić information content (AvgIpc) is 2.70. The number of nitriles is 1. The molecule has 6 heteroatoms. The minimum atomic E-state index is -0.962. The van der Waals surface area contributed by atoms with Gasteiger partial charge in [-0.25, -0.2) is 4.79 Å². The number of imide groups is 1. The summed E-state index contributed by atoms with van der Waals surface area (Å²) < 4.78 is 4.88. The highest BCUT2D eigenvalue weighted by Gasteiger charge is 2.51. The van der Waals surface area contributed by atoms with Crippen LogP contribution in [0.3, 0.4) is 0 Å². The van der Waals surface area contributed by atoms with Crippen LogP contribution in [-0.4, -0.2) is 34.8 Å². The Hall–Kier alpha value is -1.90. The fourth-order valence-electron chi connectivity index (χ4n) is 2.97. The number of fused-ring (bicyclic) bond motifs is 1. The molecule has 6 nitrogen and oxygen atoms in total. The first kappa shape index (κ1) is 14.5. The van der Waals surface area contributed by atoms with E-state index < -0.39 is 18.1 Å². The molecule has 0 aromatic carbocycles. The van der Waals surface area contributed by atoms with Crippen LogP contribution < -0.4 is 0 Å². The third-order valence-corrected chi connectivity index (χ3v) is 4.08. The monoisotopic (exact) mass is 278 g/mol. The van der Waals surface area contributed by atoms with E-state index in [1.807, 2.05) is 0 Å². The quantitative estimate of drug-likeness (QED) is 0.568. The first-order valence-electron chi connectivity index (χ1n) is 6.94. The van der Waals surface area contributed by atoms with Gasteiger partial charge in [0.25, 0.3) is 0 Å². The molecule has 0 aromatic heterocycles. The third-order valence-electron chi connectivity index (χ3n) is 4.08. The van der Waals surface area contributed by atoms with E-state index in [0.717, 1.165) is 17.7 Å². The molecule has 1 saturated heterocycles. The van der Waals surface area contributed by atoms with Crippen molar-refractivity contribution in [3.63, 3.8) is 0 Å². The molecule has 0 spiro atoms. The maximum atomic E-state index is 12.3. The van der Waals surface area contributed by atoms with Crippen LogP contribution in [0.2, 0.25) is 0 Å². The Bertz CT molecular complexity index is 458. The van der Waals surface area contributed by atoms with E-state index in [1.165, 1.54) is 13.8 Å². The number of ether oxygens (including phenoxy) is 1. The number of carbonyl (C=O) groups excluding carboxylic acids is 3. The van der Waals surface area contributed by atoms with Crippen LogP contribution in [0.4, 0.5) is 0 Å². The Kier molecular flexibility index (Phi) is 4.07. The number of likely N-dealkylation sites (tertiary alicyclic amines) is 1. The Morgan fingerprint density at radius 1 is 1.25 bits per heavy atom.